The van der Waals surface area contributed by atoms with Gasteiger partial charge in [0.2, 0.25) is 0 Å². The van der Waals surface area contributed by atoms with Crippen LogP contribution in [-0.4, -0.2) is 50.4 Å². The van der Waals surface area contributed by atoms with Gasteiger partial charge in [-0.3, -0.25) is 4.79 Å². The maximum Gasteiger partial charge on any atom is 0.271 e. The quantitative estimate of drug-likeness (QED) is 0.451. The third-order valence-corrected chi connectivity index (χ3v) is 4.71. The molecule has 0 fully saturated rings. The second-order valence-corrected chi connectivity index (χ2v) is 6.82. The van der Waals surface area contributed by atoms with Crippen LogP contribution in [0.1, 0.15) is 17.4 Å². The van der Waals surface area contributed by atoms with E-state index in [9.17, 15) is 4.79 Å². The Morgan fingerprint density at radius 2 is 2.17 bits per heavy atom. The maximum absolute atomic E-state index is 12.8. The Hall–Kier alpha value is -3.95. The molecule has 146 valence electrons. The third kappa shape index (κ3) is 2.94. The van der Waals surface area contributed by atoms with Crippen LogP contribution < -0.4 is 20.7 Å². The molecule has 1 atom stereocenters. The van der Waals surface area contributed by atoms with Crippen molar-refractivity contribution in [1.29, 1.82) is 0 Å². The normalized spacial score (nSPS) is 16.3. The summed E-state index contributed by atoms with van der Waals surface area (Å²) in [6.07, 6.45) is 3.09. The van der Waals surface area contributed by atoms with Crippen molar-refractivity contribution in [3.05, 3.63) is 42.4 Å². The smallest absolute Gasteiger partial charge is 0.271 e. The lowest BCUT2D eigenvalue weighted by Gasteiger charge is -2.17. The minimum atomic E-state index is -0.283. The average molecular weight is 390 g/mol. The number of hydrogen-bond donors (Lipinski definition) is 3. The second-order valence-electron chi connectivity index (χ2n) is 6.82. The van der Waals surface area contributed by atoms with Crippen LogP contribution in [0.3, 0.4) is 0 Å². The number of carbonyl (C=O) groups is 1. The van der Waals surface area contributed by atoms with Crippen LogP contribution in [0.5, 0.6) is 5.75 Å². The zero-order valence-electron chi connectivity index (χ0n) is 15.8. The van der Waals surface area contributed by atoms with E-state index in [2.05, 4.69) is 36.2 Å². The zero-order chi connectivity index (χ0) is 20.0. The van der Waals surface area contributed by atoms with E-state index in [0.717, 1.165) is 16.8 Å². The first-order chi connectivity index (χ1) is 14.1. The molecule has 1 aliphatic rings. The van der Waals surface area contributed by atoms with Crippen molar-refractivity contribution >= 4 is 39.6 Å². The molecule has 4 bridgehead atoms. The molecule has 0 spiro atoms. The molecule has 4 aromatic rings. The summed E-state index contributed by atoms with van der Waals surface area (Å²) >= 11 is 0. The van der Waals surface area contributed by atoms with Gasteiger partial charge < -0.3 is 20.7 Å². The van der Waals surface area contributed by atoms with Crippen molar-refractivity contribution < 1.29 is 9.53 Å². The first kappa shape index (κ1) is 17.2. The van der Waals surface area contributed by atoms with Gasteiger partial charge in [0.05, 0.1) is 29.6 Å². The number of ether oxygens (including phenoxy) is 1. The number of imidazole rings is 1. The first-order valence-electron chi connectivity index (χ1n) is 9.15. The molecular weight excluding hydrogens is 372 g/mol. The van der Waals surface area contributed by atoms with E-state index in [4.69, 9.17) is 4.74 Å². The molecule has 10 nitrogen and oxygen atoms in total. The van der Waals surface area contributed by atoms with E-state index >= 15 is 0 Å². The zero-order valence-corrected chi connectivity index (χ0v) is 15.8. The van der Waals surface area contributed by atoms with E-state index in [1.54, 1.807) is 13.2 Å². The van der Waals surface area contributed by atoms with Crippen molar-refractivity contribution in [2.24, 2.45) is 0 Å². The summed E-state index contributed by atoms with van der Waals surface area (Å²) in [5, 5.41) is 22.9. The van der Waals surface area contributed by atoms with Gasteiger partial charge in [0.1, 0.15) is 12.4 Å². The summed E-state index contributed by atoms with van der Waals surface area (Å²) in [4.78, 5) is 17.1. The molecule has 1 aliphatic heterocycles. The van der Waals surface area contributed by atoms with Crippen LogP contribution >= 0.6 is 0 Å². The molecule has 0 saturated carbocycles. The molecule has 10 heteroatoms. The van der Waals surface area contributed by atoms with Crippen LogP contribution in [-0.2, 0) is 0 Å². The molecule has 3 aromatic heterocycles. The summed E-state index contributed by atoms with van der Waals surface area (Å²) in [5.41, 5.74) is 3.17. The van der Waals surface area contributed by atoms with Gasteiger partial charge in [-0.1, -0.05) is 0 Å². The van der Waals surface area contributed by atoms with E-state index in [0.29, 0.717) is 28.4 Å². The van der Waals surface area contributed by atoms with Crippen LogP contribution in [0.25, 0.3) is 16.6 Å². The van der Waals surface area contributed by atoms with Gasteiger partial charge in [0.25, 0.3) is 5.91 Å². The highest BCUT2D eigenvalue weighted by molar-refractivity contribution is 5.94. The molecule has 0 unspecified atom stereocenters. The lowest BCUT2D eigenvalue weighted by molar-refractivity contribution is 0.0920. The number of benzene rings is 1. The highest BCUT2D eigenvalue weighted by Gasteiger charge is 2.19. The number of anilines is 3. The largest absolute Gasteiger partial charge is 0.489 e. The number of nitrogens with zero attached hydrogens (tertiary/aromatic N) is 5. The predicted molar refractivity (Wildman–Crippen MR) is 108 cm³/mol. The maximum atomic E-state index is 12.8. The fourth-order valence-corrected chi connectivity index (χ4v) is 3.30. The molecule has 0 radical (unpaired) electrons. The minimum Gasteiger partial charge on any atom is -0.489 e. The average Bonchev–Trinajstić information content (AvgIpc) is 3.15. The number of nitrogens with one attached hydrogen (secondary N) is 3. The number of fused-ring (bicyclic) bond motifs is 2. The number of carbonyl (C=O) groups excluding carboxylic acids is 1. The van der Waals surface area contributed by atoms with Gasteiger partial charge in [-0.2, -0.15) is 10.2 Å². The van der Waals surface area contributed by atoms with Crippen LogP contribution in [0.15, 0.2) is 36.7 Å². The number of hydrogen-bond acceptors (Lipinski definition) is 8. The molecule has 29 heavy (non-hydrogen) atoms. The van der Waals surface area contributed by atoms with Crippen LogP contribution in [0, 0.1) is 0 Å². The number of aromatic nitrogens is 5. The van der Waals surface area contributed by atoms with Gasteiger partial charge in [-0.15, -0.1) is 5.10 Å². The summed E-state index contributed by atoms with van der Waals surface area (Å²) in [6.45, 7) is 2.15. The topological polar surface area (TPSA) is 118 Å². The monoisotopic (exact) mass is 390 g/mol. The minimum absolute atomic E-state index is 0.243. The van der Waals surface area contributed by atoms with Gasteiger partial charge in [-0.25, -0.2) is 9.50 Å². The molecular formula is C19H18N8O2. The molecule has 3 N–H and O–H groups in total. The van der Waals surface area contributed by atoms with E-state index in [1.165, 1.54) is 10.7 Å². The number of amides is 1. The van der Waals surface area contributed by atoms with Gasteiger partial charge >= 0.3 is 0 Å². The Balaban J connectivity index is 1.71. The molecule has 5 rings (SSSR count). The van der Waals surface area contributed by atoms with Crippen molar-refractivity contribution in [1.82, 2.24) is 30.1 Å². The van der Waals surface area contributed by atoms with Crippen molar-refractivity contribution in [2.45, 2.75) is 13.0 Å². The summed E-state index contributed by atoms with van der Waals surface area (Å²) < 4.78 is 7.46. The second kappa shape index (κ2) is 6.59. The molecule has 4 heterocycles. The Labute approximate surface area is 165 Å². The van der Waals surface area contributed by atoms with E-state index in [1.807, 2.05) is 31.2 Å². The van der Waals surface area contributed by atoms with Gasteiger partial charge in [0.15, 0.2) is 17.2 Å². The van der Waals surface area contributed by atoms with Gasteiger partial charge in [-0.05, 0) is 25.1 Å². The lowest BCUT2D eigenvalue weighted by atomic mass is 10.2. The number of rotatable bonds is 1. The Morgan fingerprint density at radius 3 is 3.03 bits per heavy atom. The fourth-order valence-electron chi connectivity index (χ4n) is 3.30. The Bertz CT molecular complexity index is 1250. The fraction of sp³-hybridized carbons (Fsp3) is 0.211. The van der Waals surface area contributed by atoms with E-state index < -0.39 is 0 Å². The van der Waals surface area contributed by atoms with Crippen molar-refractivity contribution in [3.63, 3.8) is 0 Å². The summed E-state index contributed by atoms with van der Waals surface area (Å²) in [7, 11) is 1.80. The summed E-state index contributed by atoms with van der Waals surface area (Å²) in [5.74, 6) is 0.873. The Morgan fingerprint density at radius 1 is 1.28 bits per heavy atom. The first-order valence-corrected chi connectivity index (χ1v) is 9.15. The lowest BCUT2D eigenvalue weighted by Crippen LogP contribution is -2.37. The Kier molecular flexibility index (Phi) is 3.90. The molecule has 1 amide bonds. The van der Waals surface area contributed by atoms with Crippen molar-refractivity contribution in [3.8, 4) is 5.75 Å². The van der Waals surface area contributed by atoms with E-state index in [-0.39, 0.29) is 18.6 Å². The SMILES string of the molecule is CNc1cc2nn3c(cnc13)C(=O)N[C@H](C)COc1cnnc3ccc(cc13)N2. The molecule has 1 aromatic carbocycles. The van der Waals surface area contributed by atoms with Crippen LogP contribution in [0.4, 0.5) is 17.2 Å². The molecule has 0 aliphatic carbocycles. The standard InChI is InChI=1S/C19H18N8O2/c1-10-9-29-16-8-22-25-13-4-3-11(5-12(13)16)24-17-6-14(20-2)18-21-7-15(19(28)23-10)27(18)26-17/h3-8,10,20H,9H2,1-2H3,(H,23,28)(H,24,26)/t10-/m1/s1. The highest BCUT2D eigenvalue weighted by Crippen LogP contribution is 2.28. The predicted octanol–water partition coefficient (Wildman–Crippen LogP) is 1.97. The highest BCUT2D eigenvalue weighted by atomic mass is 16.5. The van der Waals surface area contributed by atoms with Gasteiger partial charge in [0, 0.05) is 24.2 Å². The van der Waals surface area contributed by atoms with Crippen LogP contribution in [0.2, 0.25) is 0 Å². The third-order valence-electron chi connectivity index (χ3n) is 4.71. The molecule has 0 saturated heterocycles. The van der Waals surface area contributed by atoms with Crippen molar-refractivity contribution in [2.75, 3.05) is 24.3 Å². The summed E-state index contributed by atoms with van der Waals surface area (Å²) in [6, 6.07) is 7.29.